The van der Waals surface area contributed by atoms with E-state index in [1.165, 1.54) is 4.90 Å². The monoisotopic (exact) mass is 439 g/mol. The number of morpholine rings is 1. The van der Waals surface area contributed by atoms with E-state index in [0.29, 0.717) is 19.1 Å². The maximum absolute atomic E-state index is 6.03. The first-order chi connectivity index (χ1) is 15.0. The quantitative estimate of drug-likeness (QED) is 0.524. The minimum absolute atomic E-state index is 0.473. The Morgan fingerprint density at radius 3 is 2.58 bits per heavy atom. The molecule has 3 rings (SSSR count). The predicted octanol–water partition coefficient (Wildman–Crippen LogP) is 5.26. The molecular weight excluding hydrogens is 406 g/mol. The maximum Gasteiger partial charge on any atom is 0.122 e. The van der Waals surface area contributed by atoms with Gasteiger partial charge in [0.2, 0.25) is 0 Å². The Labute approximate surface area is 191 Å². The van der Waals surface area contributed by atoms with E-state index in [4.69, 9.17) is 14.2 Å². The second kappa shape index (κ2) is 12.0. The molecule has 1 heterocycles. The van der Waals surface area contributed by atoms with Crippen molar-refractivity contribution in [3.63, 3.8) is 0 Å². The Kier molecular flexibility index (Phi) is 9.14. The molecule has 2 aromatic rings. The third-order valence-electron chi connectivity index (χ3n) is 4.78. The lowest BCUT2D eigenvalue weighted by atomic mass is 10.2. The molecule has 0 unspecified atom stereocenters. The zero-order valence-electron chi connectivity index (χ0n) is 19.1. The lowest BCUT2D eigenvalue weighted by Gasteiger charge is -2.24. The van der Waals surface area contributed by atoms with Gasteiger partial charge in [-0.1, -0.05) is 37.5 Å². The lowest BCUT2D eigenvalue weighted by molar-refractivity contribution is 0.0443. The molecule has 1 fully saturated rings. The molecule has 0 aromatic heterocycles. The van der Waals surface area contributed by atoms with Crippen molar-refractivity contribution in [3.05, 3.63) is 47.5 Å². The smallest absolute Gasteiger partial charge is 0.122 e. The first kappa shape index (κ1) is 23.5. The standard InChI is InChI=1S/C26H33NO3S/c1-5-29-26-9-8-24(15-21(26)4)31-25-17-22(16-23(18-25)30-19-20(2)3)7-6-10-27-11-13-28-14-12-27/h8-9,15-18,20H,5,10-14,19H2,1-4H3. The molecule has 0 aliphatic carbocycles. The van der Waals surface area contributed by atoms with Crippen LogP contribution in [0.1, 0.15) is 31.9 Å². The van der Waals surface area contributed by atoms with Gasteiger partial charge in [-0.3, -0.25) is 4.90 Å². The highest BCUT2D eigenvalue weighted by molar-refractivity contribution is 7.99. The minimum atomic E-state index is 0.473. The Balaban J connectivity index is 1.77. The lowest BCUT2D eigenvalue weighted by Crippen LogP contribution is -2.36. The van der Waals surface area contributed by atoms with Crippen molar-refractivity contribution in [2.45, 2.75) is 37.5 Å². The number of benzene rings is 2. The summed E-state index contributed by atoms with van der Waals surface area (Å²) in [7, 11) is 0. The molecule has 0 radical (unpaired) electrons. The van der Waals surface area contributed by atoms with E-state index < -0.39 is 0 Å². The van der Waals surface area contributed by atoms with E-state index >= 15 is 0 Å². The zero-order valence-corrected chi connectivity index (χ0v) is 19.9. The van der Waals surface area contributed by atoms with Crippen molar-refractivity contribution in [1.82, 2.24) is 4.90 Å². The van der Waals surface area contributed by atoms with Crippen molar-refractivity contribution < 1.29 is 14.2 Å². The molecule has 0 N–H and O–H groups in total. The Bertz CT molecular complexity index is 911. The second-order valence-corrected chi connectivity index (χ2v) is 9.20. The van der Waals surface area contributed by atoms with Crippen molar-refractivity contribution in [3.8, 4) is 23.3 Å². The van der Waals surface area contributed by atoms with Gasteiger partial charge in [-0.15, -0.1) is 0 Å². The number of hydrogen-bond donors (Lipinski definition) is 0. The van der Waals surface area contributed by atoms with Gasteiger partial charge in [-0.25, -0.2) is 0 Å². The summed E-state index contributed by atoms with van der Waals surface area (Å²) in [6, 6.07) is 12.6. The van der Waals surface area contributed by atoms with E-state index in [2.05, 4.69) is 61.8 Å². The van der Waals surface area contributed by atoms with Crippen molar-refractivity contribution in [2.24, 2.45) is 5.92 Å². The topological polar surface area (TPSA) is 30.9 Å². The molecule has 1 saturated heterocycles. The van der Waals surface area contributed by atoms with Gasteiger partial charge in [0, 0.05) is 28.4 Å². The van der Waals surface area contributed by atoms with Crippen LogP contribution >= 0.6 is 11.8 Å². The molecule has 31 heavy (non-hydrogen) atoms. The summed E-state index contributed by atoms with van der Waals surface area (Å²) < 4.78 is 17.1. The average Bonchev–Trinajstić information content (AvgIpc) is 2.75. The van der Waals surface area contributed by atoms with E-state index in [9.17, 15) is 0 Å². The highest BCUT2D eigenvalue weighted by atomic mass is 32.2. The number of nitrogens with zero attached hydrogens (tertiary/aromatic N) is 1. The maximum atomic E-state index is 6.03. The second-order valence-electron chi connectivity index (χ2n) is 8.05. The van der Waals surface area contributed by atoms with Crippen LogP contribution in [0.3, 0.4) is 0 Å². The largest absolute Gasteiger partial charge is 0.494 e. The van der Waals surface area contributed by atoms with Gasteiger partial charge in [0.05, 0.1) is 33.0 Å². The number of hydrogen-bond acceptors (Lipinski definition) is 5. The number of ether oxygens (including phenoxy) is 3. The number of rotatable bonds is 8. The first-order valence-corrected chi connectivity index (χ1v) is 11.8. The summed E-state index contributed by atoms with van der Waals surface area (Å²) in [6.07, 6.45) is 0. The van der Waals surface area contributed by atoms with Gasteiger partial charge in [0.1, 0.15) is 11.5 Å². The van der Waals surface area contributed by atoms with Crippen LogP contribution in [0.2, 0.25) is 0 Å². The van der Waals surface area contributed by atoms with Crippen LogP contribution in [0.4, 0.5) is 0 Å². The fraction of sp³-hybridized carbons (Fsp3) is 0.462. The van der Waals surface area contributed by atoms with Gasteiger partial charge < -0.3 is 14.2 Å². The molecule has 0 spiro atoms. The molecule has 0 amide bonds. The van der Waals surface area contributed by atoms with Crippen LogP contribution < -0.4 is 9.47 Å². The highest BCUT2D eigenvalue weighted by Gasteiger charge is 2.09. The zero-order chi connectivity index (χ0) is 22.1. The fourth-order valence-corrected chi connectivity index (χ4v) is 4.21. The third kappa shape index (κ3) is 7.81. The van der Waals surface area contributed by atoms with Gasteiger partial charge >= 0.3 is 0 Å². The van der Waals surface area contributed by atoms with Gasteiger partial charge in [-0.05, 0) is 61.7 Å². The van der Waals surface area contributed by atoms with Gasteiger partial charge in [0.25, 0.3) is 0 Å². The summed E-state index contributed by atoms with van der Waals surface area (Å²) in [5.74, 6) is 8.95. The molecule has 2 aromatic carbocycles. The molecule has 4 nitrogen and oxygen atoms in total. The van der Waals surface area contributed by atoms with Crippen molar-refractivity contribution >= 4 is 11.8 Å². The van der Waals surface area contributed by atoms with Crippen LogP contribution in [0.15, 0.2) is 46.2 Å². The van der Waals surface area contributed by atoms with Crippen molar-refractivity contribution in [2.75, 3.05) is 46.1 Å². The molecule has 5 heteroatoms. The number of aryl methyl sites for hydroxylation is 1. The summed E-state index contributed by atoms with van der Waals surface area (Å²) >= 11 is 1.72. The Morgan fingerprint density at radius 2 is 1.87 bits per heavy atom. The van der Waals surface area contributed by atoms with E-state index in [-0.39, 0.29) is 0 Å². The summed E-state index contributed by atoms with van der Waals surface area (Å²) in [5.41, 5.74) is 2.13. The molecular formula is C26H33NO3S. The van der Waals surface area contributed by atoms with E-state index in [1.807, 2.05) is 19.1 Å². The normalized spacial score (nSPS) is 14.2. The van der Waals surface area contributed by atoms with Crippen LogP contribution in [0.5, 0.6) is 11.5 Å². The summed E-state index contributed by atoms with van der Waals surface area (Å²) in [6.45, 7) is 14.0. The fourth-order valence-electron chi connectivity index (χ4n) is 3.20. The molecule has 166 valence electrons. The molecule has 0 saturated carbocycles. The summed E-state index contributed by atoms with van der Waals surface area (Å²) in [5, 5.41) is 0. The Morgan fingerprint density at radius 1 is 1.06 bits per heavy atom. The predicted molar refractivity (Wildman–Crippen MR) is 127 cm³/mol. The average molecular weight is 440 g/mol. The minimum Gasteiger partial charge on any atom is -0.494 e. The highest BCUT2D eigenvalue weighted by Crippen LogP contribution is 2.34. The first-order valence-electron chi connectivity index (χ1n) is 11.0. The van der Waals surface area contributed by atoms with Gasteiger partial charge in [-0.2, -0.15) is 0 Å². The summed E-state index contributed by atoms with van der Waals surface area (Å²) in [4.78, 5) is 4.63. The van der Waals surface area contributed by atoms with Crippen LogP contribution in [-0.2, 0) is 4.74 Å². The SMILES string of the molecule is CCOc1ccc(Sc2cc(C#CCN3CCOCC3)cc(OCC(C)C)c2)cc1C. The van der Waals surface area contributed by atoms with Crippen LogP contribution in [0, 0.1) is 24.7 Å². The van der Waals surface area contributed by atoms with Crippen LogP contribution in [-0.4, -0.2) is 51.0 Å². The van der Waals surface area contributed by atoms with E-state index in [1.54, 1.807) is 11.8 Å². The molecule has 0 bridgehead atoms. The van der Waals surface area contributed by atoms with Crippen LogP contribution in [0.25, 0.3) is 0 Å². The molecule has 0 atom stereocenters. The molecule has 1 aliphatic heterocycles. The third-order valence-corrected chi connectivity index (χ3v) is 5.75. The van der Waals surface area contributed by atoms with E-state index in [0.717, 1.165) is 60.4 Å². The van der Waals surface area contributed by atoms with Gasteiger partial charge in [0.15, 0.2) is 0 Å². The Hall–Kier alpha value is -2.13. The molecule has 1 aliphatic rings. The van der Waals surface area contributed by atoms with Crippen molar-refractivity contribution in [1.29, 1.82) is 0 Å².